The molecular weight excluding hydrogens is 382 g/mol. The highest BCUT2D eigenvalue weighted by molar-refractivity contribution is 7.98. The maximum atomic E-state index is 12.9. The van der Waals surface area contributed by atoms with Crippen molar-refractivity contribution in [1.29, 1.82) is 0 Å². The first kappa shape index (κ1) is 20.4. The van der Waals surface area contributed by atoms with Crippen LogP contribution < -0.4 is 5.32 Å². The van der Waals surface area contributed by atoms with Crippen molar-refractivity contribution >= 4 is 17.7 Å². The lowest BCUT2D eigenvalue weighted by Gasteiger charge is -2.28. The first-order valence-corrected chi connectivity index (χ1v) is 11.9. The SMILES string of the molecule is CSc1ccc(Cc2cc(C(=O)N[C@H]3CCCC[C@@H]3O)nc3c2CCCC3)cn1. The van der Waals surface area contributed by atoms with Crippen LogP contribution in [-0.2, 0) is 19.3 Å². The van der Waals surface area contributed by atoms with E-state index in [1.807, 2.05) is 24.6 Å². The van der Waals surface area contributed by atoms with E-state index in [4.69, 9.17) is 4.98 Å². The number of pyridine rings is 2. The number of rotatable bonds is 5. The van der Waals surface area contributed by atoms with Crippen molar-refractivity contribution in [3.8, 4) is 0 Å². The Kier molecular flexibility index (Phi) is 6.50. The van der Waals surface area contributed by atoms with Gasteiger partial charge in [0.1, 0.15) is 5.69 Å². The van der Waals surface area contributed by atoms with Crippen LogP contribution in [0.5, 0.6) is 0 Å². The molecule has 0 saturated heterocycles. The molecule has 154 valence electrons. The zero-order valence-electron chi connectivity index (χ0n) is 17.0. The molecule has 4 rings (SSSR count). The highest BCUT2D eigenvalue weighted by Crippen LogP contribution is 2.27. The molecule has 0 aliphatic heterocycles. The highest BCUT2D eigenvalue weighted by atomic mass is 32.2. The topological polar surface area (TPSA) is 75.1 Å². The molecule has 2 atom stereocenters. The highest BCUT2D eigenvalue weighted by Gasteiger charge is 2.26. The third-order valence-electron chi connectivity index (χ3n) is 6.07. The number of amides is 1. The van der Waals surface area contributed by atoms with Gasteiger partial charge < -0.3 is 10.4 Å². The molecule has 2 aromatic heterocycles. The minimum Gasteiger partial charge on any atom is -0.391 e. The number of aryl methyl sites for hydroxylation is 1. The van der Waals surface area contributed by atoms with E-state index in [1.54, 1.807) is 11.8 Å². The summed E-state index contributed by atoms with van der Waals surface area (Å²) in [6.07, 6.45) is 12.2. The van der Waals surface area contributed by atoms with Crippen LogP contribution >= 0.6 is 11.8 Å². The average molecular weight is 412 g/mol. The van der Waals surface area contributed by atoms with Crippen LogP contribution in [0.4, 0.5) is 0 Å². The molecule has 29 heavy (non-hydrogen) atoms. The second-order valence-electron chi connectivity index (χ2n) is 8.12. The van der Waals surface area contributed by atoms with Crippen molar-refractivity contribution < 1.29 is 9.90 Å². The van der Waals surface area contributed by atoms with Gasteiger partial charge in [-0.1, -0.05) is 18.9 Å². The van der Waals surface area contributed by atoms with E-state index in [2.05, 4.69) is 16.4 Å². The summed E-state index contributed by atoms with van der Waals surface area (Å²) in [5.41, 5.74) is 5.18. The number of aliphatic hydroxyl groups excluding tert-OH is 1. The van der Waals surface area contributed by atoms with Gasteiger partial charge in [-0.25, -0.2) is 9.97 Å². The number of carbonyl (C=O) groups is 1. The van der Waals surface area contributed by atoms with Crippen molar-refractivity contribution in [3.63, 3.8) is 0 Å². The molecular formula is C23H29N3O2S. The van der Waals surface area contributed by atoms with Gasteiger partial charge in [-0.15, -0.1) is 11.8 Å². The minimum atomic E-state index is -0.453. The van der Waals surface area contributed by atoms with E-state index in [9.17, 15) is 9.90 Å². The molecule has 5 nitrogen and oxygen atoms in total. The summed E-state index contributed by atoms with van der Waals surface area (Å²) in [5, 5.41) is 14.2. The fraction of sp³-hybridized carbons (Fsp3) is 0.522. The van der Waals surface area contributed by atoms with Gasteiger partial charge in [0.05, 0.1) is 17.2 Å². The quantitative estimate of drug-likeness (QED) is 0.734. The van der Waals surface area contributed by atoms with Crippen molar-refractivity contribution in [2.75, 3.05) is 6.26 Å². The minimum absolute atomic E-state index is 0.165. The van der Waals surface area contributed by atoms with Crippen molar-refractivity contribution in [1.82, 2.24) is 15.3 Å². The Bertz CT molecular complexity index is 869. The monoisotopic (exact) mass is 411 g/mol. The van der Waals surface area contributed by atoms with E-state index in [-0.39, 0.29) is 11.9 Å². The van der Waals surface area contributed by atoms with E-state index < -0.39 is 6.10 Å². The Morgan fingerprint density at radius 2 is 2.03 bits per heavy atom. The zero-order chi connectivity index (χ0) is 20.2. The third kappa shape index (κ3) is 4.81. The molecule has 2 N–H and O–H groups in total. The van der Waals surface area contributed by atoms with Gasteiger partial charge in [0.15, 0.2) is 0 Å². The number of aliphatic hydroxyl groups is 1. The molecule has 0 aromatic carbocycles. The normalized spacial score (nSPS) is 21.4. The van der Waals surface area contributed by atoms with Crippen LogP contribution in [-0.4, -0.2) is 39.4 Å². The molecule has 2 aliphatic rings. The maximum absolute atomic E-state index is 12.9. The molecule has 0 spiro atoms. The van der Waals surface area contributed by atoms with E-state index in [0.29, 0.717) is 5.69 Å². The average Bonchev–Trinajstić information content (AvgIpc) is 2.76. The Morgan fingerprint density at radius 1 is 1.21 bits per heavy atom. The number of nitrogens with one attached hydrogen (secondary N) is 1. The summed E-state index contributed by atoms with van der Waals surface area (Å²) in [7, 11) is 0. The Labute approximate surface area is 176 Å². The lowest BCUT2D eigenvalue weighted by atomic mass is 9.89. The molecule has 2 heterocycles. The van der Waals surface area contributed by atoms with Crippen LogP contribution in [0.3, 0.4) is 0 Å². The first-order chi connectivity index (χ1) is 14.1. The van der Waals surface area contributed by atoms with Gasteiger partial charge in [-0.3, -0.25) is 4.79 Å². The van der Waals surface area contributed by atoms with Crippen LogP contribution in [0.15, 0.2) is 29.4 Å². The smallest absolute Gasteiger partial charge is 0.270 e. The summed E-state index contributed by atoms with van der Waals surface area (Å²) in [4.78, 5) is 22.1. The van der Waals surface area contributed by atoms with Crippen molar-refractivity contribution in [2.45, 2.75) is 75.0 Å². The largest absolute Gasteiger partial charge is 0.391 e. The summed E-state index contributed by atoms with van der Waals surface area (Å²) in [6, 6.07) is 5.95. The Morgan fingerprint density at radius 3 is 2.79 bits per heavy atom. The lowest BCUT2D eigenvalue weighted by molar-refractivity contribution is 0.0713. The molecule has 0 unspecified atom stereocenters. The molecule has 1 saturated carbocycles. The predicted octanol–water partition coefficient (Wildman–Crippen LogP) is 3.70. The molecule has 1 fully saturated rings. The fourth-order valence-electron chi connectivity index (χ4n) is 4.44. The number of hydrogen-bond acceptors (Lipinski definition) is 5. The van der Waals surface area contributed by atoms with Crippen LogP contribution in [0.2, 0.25) is 0 Å². The molecule has 0 radical (unpaired) electrons. The van der Waals surface area contributed by atoms with Gasteiger partial charge in [0.25, 0.3) is 5.91 Å². The predicted molar refractivity (Wildman–Crippen MR) is 115 cm³/mol. The van der Waals surface area contributed by atoms with E-state index >= 15 is 0 Å². The number of thioether (sulfide) groups is 1. The molecule has 1 amide bonds. The summed E-state index contributed by atoms with van der Waals surface area (Å²) in [6.45, 7) is 0. The van der Waals surface area contributed by atoms with Gasteiger partial charge in [-0.2, -0.15) is 0 Å². The first-order valence-electron chi connectivity index (χ1n) is 10.6. The Hall–Kier alpha value is -1.92. The third-order valence-corrected chi connectivity index (χ3v) is 6.73. The second-order valence-corrected chi connectivity index (χ2v) is 8.94. The van der Waals surface area contributed by atoms with Crippen LogP contribution in [0.25, 0.3) is 0 Å². The van der Waals surface area contributed by atoms with Crippen molar-refractivity contribution in [3.05, 3.63) is 52.5 Å². The van der Waals surface area contributed by atoms with Crippen LogP contribution in [0.1, 0.15) is 71.4 Å². The molecule has 2 aromatic rings. The summed E-state index contributed by atoms with van der Waals surface area (Å²) < 4.78 is 0. The van der Waals surface area contributed by atoms with Crippen LogP contribution in [0, 0.1) is 0 Å². The maximum Gasteiger partial charge on any atom is 0.270 e. The van der Waals surface area contributed by atoms with Gasteiger partial charge >= 0.3 is 0 Å². The van der Waals surface area contributed by atoms with Gasteiger partial charge in [-0.05, 0) is 80.0 Å². The zero-order valence-corrected chi connectivity index (χ0v) is 17.8. The lowest BCUT2D eigenvalue weighted by Crippen LogP contribution is -2.45. The Balaban J connectivity index is 1.59. The van der Waals surface area contributed by atoms with Crippen molar-refractivity contribution in [2.24, 2.45) is 0 Å². The summed E-state index contributed by atoms with van der Waals surface area (Å²) in [5.74, 6) is -0.165. The van der Waals surface area contributed by atoms with Gasteiger partial charge in [0, 0.05) is 11.9 Å². The fourth-order valence-corrected chi connectivity index (χ4v) is 4.80. The summed E-state index contributed by atoms with van der Waals surface area (Å²) >= 11 is 1.64. The number of nitrogens with zero attached hydrogens (tertiary/aromatic N) is 2. The number of fused-ring (bicyclic) bond motifs is 1. The molecule has 2 aliphatic carbocycles. The van der Waals surface area contributed by atoms with Gasteiger partial charge in [0.2, 0.25) is 0 Å². The van der Waals surface area contributed by atoms with E-state index in [0.717, 1.165) is 67.6 Å². The molecule has 6 heteroatoms. The standard InChI is InChI=1S/C23H29N3O2S/c1-29-22-11-10-15(14-24-22)12-16-13-20(25-18-7-3-2-6-17(16)18)23(28)26-19-8-4-5-9-21(19)27/h10-11,13-14,19,21,27H,2-9,12H2,1H3,(H,26,28)/t19-,21-/m0/s1. The number of carbonyl (C=O) groups excluding carboxylic acids is 1. The molecule has 0 bridgehead atoms. The number of hydrogen-bond donors (Lipinski definition) is 2. The van der Waals surface area contributed by atoms with E-state index in [1.165, 1.54) is 17.5 Å². The number of aromatic nitrogens is 2. The second kappa shape index (κ2) is 9.26.